The molecule has 2 aliphatic heterocycles. The molecule has 2 aliphatic rings. The lowest BCUT2D eigenvalue weighted by molar-refractivity contribution is -0.135. The fourth-order valence-electron chi connectivity index (χ4n) is 4.00. The summed E-state index contributed by atoms with van der Waals surface area (Å²) in [4.78, 5) is 27.0. The number of hydrogen-bond donors (Lipinski definition) is 2. The van der Waals surface area contributed by atoms with E-state index in [0.717, 1.165) is 17.0 Å². The third-order valence-electron chi connectivity index (χ3n) is 5.51. The van der Waals surface area contributed by atoms with Crippen molar-refractivity contribution in [3.8, 4) is 0 Å². The maximum Gasteiger partial charge on any atom is 0.249 e. The van der Waals surface area contributed by atoms with E-state index in [4.69, 9.17) is 0 Å². The molecule has 10 heteroatoms. The van der Waals surface area contributed by atoms with Crippen molar-refractivity contribution in [1.29, 1.82) is 0 Å². The van der Waals surface area contributed by atoms with Gasteiger partial charge in [-0.3, -0.25) is 14.3 Å². The maximum absolute atomic E-state index is 14.1. The average Bonchev–Trinajstić information content (AvgIpc) is 3.35. The molecular formula is C19H22ClF2N5O2. The lowest BCUT2D eigenvalue weighted by Crippen LogP contribution is -2.57. The minimum absolute atomic E-state index is 0. The lowest BCUT2D eigenvalue weighted by atomic mass is 9.87. The Morgan fingerprint density at radius 1 is 1.21 bits per heavy atom. The summed E-state index contributed by atoms with van der Waals surface area (Å²) in [5.74, 6) is -2.41. The van der Waals surface area contributed by atoms with Crippen molar-refractivity contribution < 1.29 is 18.4 Å². The van der Waals surface area contributed by atoms with Crippen LogP contribution in [-0.4, -0.2) is 47.3 Å². The Hall–Kier alpha value is -2.52. The first-order valence-corrected chi connectivity index (χ1v) is 9.30. The summed E-state index contributed by atoms with van der Waals surface area (Å²) in [5, 5.41) is 10.3. The number of nitrogens with one attached hydrogen (secondary N) is 2. The Kier molecular flexibility index (Phi) is 6.18. The van der Waals surface area contributed by atoms with E-state index >= 15 is 0 Å². The summed E-state index contributed by atoms with van der Waals surface area (Å²) >= 11 is 0. The van der Waals surface area contributed by atoms with Crippen LogP contribution in [0.25, 0.3) is 0 Å². The highest BCUT2D eigenvalue weighted by Crippen LogP contribution is 2.30. The molecular weight excluding hydrogens is 404 g/mol. The monoisotopic (exact) mass is 425 g/mol. The molecule has 1 atom stereocenters. The number of para-hydroxylation sites is 1. The van der Waals surface area contributed by atoms with E-state index in [9.17, 15) is 18.4 Å². The number of halogens is 3. The van der Waals surface area contributed by atoms with Gasteiger partial charge in [-0.25, -0.2) is 8.78 Å². The highest BCUT2D eigenvalue weighted by molar-refractivity contribution is 6.02. The molecule has 2 amide bonds. The Balaban J connectivity index is 0.00000240. The van der Waals surface area contributed by atoms with E-state index in [1.54, 1.807) is 23.1 Å². The largest absolute Gasteiger partial charge is 0.342 e. The van der Waals surface area contributed by atoms with Crippen molar-refractivity contribution in [1.82, 2.24) is 20.4 Å². The molecule has 29 heavy (non-hydrogen) atoms. The van der Waals surface area contributed by atoms with Crippen molar-refractivity contribution in [3.05, 3.63) is 48.3 Å². The molecule has 0 saturated carbocycles. The molecule has 4 rings (SSSR count). The van der Waals surface area contributed by atoms with Gasteiger partial charge in [0.1, 0.15) is 28.9 Å². The number of rotatable bonds is 4. The third kappa shape index (κ3) is 3.72. The second-order valence-corrected chi connectivity index (χ2v) is 7.11. The maximum atomic E-state index is 14.1. The highest BCUT2D eigenvalue weighted by atomic mass is 35.5. The van der Waals surface area contributed by atoms with Crippen molar-refractivity contribution >= 4 is 29.9 Å². The summed E-state index contributed by atoms with van der Waals surface area (Å²) in [7, 11) is 0. The first-order chi connectivity index (χ1) is 13.5. The second kappa shape index (κ2) is 8.46. The van der Waals surface area contributed by atoms with Crippen molar-refractivity contribution in [2.24, 2.45) is 0 Å². The van der Waals surface area contributed by atoms with Crippen molar-refractivity contribution in [2.45, 2.75) is 30.8 Å². The van der Waals surface area contributed by atoms with Gasteiger partial charge >= 0.3 is 0 Å². The smallest absolute Gasteiger partial charge is 0.249 e. The quantitative estimate of drug-likeness (QED) is 0.779. The van der Waals surface area contributed by atoms with Gasteiger partial charge in [0, 0.05) is 18.9 Å². The molecule has 3 heterocycles. The number of amides is 2. The van der Waals surface area contributed by atoms with Gasteiger partial charge in [0.05, 0.1) is 0 Å². The lowest BCUT2D eigenvalue weighted by Gasteiger charge is -2.37. The summed E-state index contributed by atoms with van der Waals surface area (Å²) in [6.07, 6.45) is 4.70. The normalized spacial score (nSPS) is 21.0. The minimum Gasteiger partial charge on any atom is -0.342 e. The number of aromatic nitrogens is 2. The molecule has 1 unspecified atom stereocenters. The van der Waals surface area contributed by atoms with E-state index < -0.39 is 29.1 Å². The van der Waals surface area contributed by atoms with Crippen LogP contribution >= 0.6 is 12.4 Å². The number of nitrogens with zero attached hydrogens (tertiary/aromatic N) is 3. The van der Waals surface area contributed by atoms with E-state index in [-0.39, 0.29) is 37.0 Å². The summed E-state index contributed by atoms with van der Waals surface area (Å²) in [5.41, 5.74) is -1.25. The van der Waals surface area contributed by atoms with Crippen LogP contribution in [0.4, 0.5) is 14.5 Å². The Bertz CT molecular complexity index is 866. The number of benzene rings is 1. The SMILES string of the molecule is Cl.O=C1C(NC(=O)C2(n3cccn3)CCNCC2)CCN1c1c(F)cccc1F. The topological polar surface area (TPSA) is 79.3 Å². The van der Waals surface area contributed by atoms with Crippen molar-refractivity contribution in [3.63, 3.8) is 0 Å². The second-order valence-electron chi connectivity index (χ2n) is 7.11. The van der Waals surface area contributed by atoms with Crippen LogP contribution in [0.2, 0.25) is 0 Å². The van der Waals surface area contributed by atoms with Crippen LogP contribution in [-0.2, 0) is 15.1 Å². The Morgan fingerprint density at radius 2 is 1.90 bits per heavy atom. The van der Waals surface area contributed by atoms with E-state index in [2.05, 4.69) is 15.7 Å². The molecule has 2 saturated heterocycles. The van der Waals surface area contributed by atoms with Gasteiger partial charge in [0.15, 0.2) is 0 Å². The number of carbonyl (C=O) groups excluding carboxylic acids is 2. The van der Waals surface area contributed by atoms with Gasteiger partial charge in [0.25, 0.3) is 0 Å². The molecule has 2 fully saturated rings. The Morgan fingerprint density at radius 3 is 2.52 bits per heavy atom. The molecule has 156 valence electrons. The van der Waals surface area contributed by atoms with Gasteiger partial charge in [-0.15, -0.1) is 12.4 Å². The molecule has 2 aromatic rings. The van der Waals surface area contributed by atoms with E-state index in [0.29, 0.717) is 25.9 Å². The van der Waals surface area contributed by atoms with Crippen LogP contribution in [0.5, 0.6) is 0 Å². The van der Waals surface area contributed by atoms with Gasteiger partial charge in [0.2, 0.25) is 11.8 Å². The predicted molar refractivity (Wildman–Crippen MR) is 105 cm³/mol. The molecule has 1 aromatic heterocycles. The zero-order valence-electron chi connectivity index (χ0n) is 15.6. The van der Waals surface area contributed by atoms with Gasteiger partial charge in [-0.1, -0.05) is 6.07 Å². The summed E-state index contributed by atoms with van der Waals surface area (Å²) in [6.45, 7) is 1.44. The summed E-state index contributed by atoms with van der Waals surface area (Å²) in [6, 6.07) is 4.40. The zero-order valence-corrected chi connectivity index (χ0v) is 16.4. The molecule has 0 bridgehead atoms. The number of carbonyl (C=O) groups is 2. The molecule has 0 aliphatic carbocycles. The fourth-order valence-corrected chi connectivity index (χ4v) is 4.00. The van der Waals surface area contributed by atoms with E-state index in [1.165, 1.54) is 6.07 Å². The van der Waals surface area contributed by atoms with Crippen LogP contribution < -0.4 is 15.5 Å². The van der Waals surface area contributed by atoms with Crippen LogP contribution in [0.15, 0.2) is 36.7 Å². The van der Waals surface area contributed by atoms with Gasteiger partial charge in [-0.2, -0.15) is 5.10 Å². The van der Waals surface area contributed by atoms with Crippen LogP contribution in [0.1, 0.15) is 19.3 Å². The molecule has 0 radical (unpaired) electrons. The zero-order chi connectivity index (χ0) is 19.7. The highest BCUT2D eigenvalue weighted by Gasteiger charge is 2.45. The Labute approximate surface area is 172 Å². The number of anilines is 1. The molecule has 1 aromatic carbocycles. The molecule has 0 spiro atoms. The van der Waals surface area contributed by atoms with Gasteiger partial charge in [-0.05, 0) is 50.6 Å². The molecule has 2 N–H and O–H groups in total. The summed E-state index contributed by atoms with van der Waals surface area (Å²) < 4.78 is 29.8. The van der Waals surface area contributed by atoms with Crippen molar-refractivity contribution in [2.75, 3.05) is 24.5 Å². The number of hydrogen-bond acceptors (Lipinski definition) is 4. The van der Waals surface area contributed by atoms with E-state index in [1.807, 2.05) is 0 Å². The van der Waals surface area contributed by atoms with Crippen LogP contribution in [0.3, 0.4) is 0 Å². The third-order valence-corrected chi connectivity index (χ3v) is 5.51. The standard InChI is InChI=1S/C19H21F2N5O2.ClH/c20-13-3-1-4-14(21)16(13)25-12-5-15(17(25)27)24-18(28)19(6-9-22-10-7-19)26-11-2-8-23-26;/h1-4,8,11,15,22H,5-7,9-10,12H2,(H,24,28);1H. The minimum atomic E-state index is -0.883. The fraction of sp³-hybridized carbons (Fsp3) is 0.421. The van der Waals surface area contributed by atoms with Gasteiger partial charge < -0.3 is 15.5 Å². The number of piperidine rings is 1. The average molecular weight is 426 g/mol. The predicted octanol–water partition coefficient (Wildman–Crippen LogP) is 1.58. The molecule has 7 nitrogen and oxygen atoms in total. The van der Waals surface area contributed by atoms with Crippen LogP contribution in [0, 0.1) is 11.6 Å². The first kappa shape index (κ1) is 21.2. The first-order valence-electron chi connectivity index (χ1n) is 9.30.